The van der Waals surface area contributed by atoms with Crippen molar-refractivity contribution < 1.29 is 39.9 Å². The van der Waals surface area contributed by atoms with E-state index in [-0.39, 0.29) is 22.8 Å². The molecule has 1 aromatic carbocycles. The van der Waals surface area contributed by atoms with Crippen molar-refractivity contribution in [3.05, 3.63) is 45.7 Å². The molecular weight excluding hydrogens is 502 g/mol. The molecule has 0 aromatic heterocycles. The van der Waals surface area contributed by atoms with Gasteiger partial charge in [0, 0.05) is 23.8 Å². The third-order valence-electron chi connectivity index (χ3n) is 11.1. The number of fused-ring (bicyclic) bond motifs is 3. The number of carbonyl (C=O) groups excluding carboxylic acids is 3. The number of nitrogens with two attached hydrogens (primary N) is 1. The SMILES string of the molecule is C[C@H]1c2ccc(C3C4CC5CC(C4)CC3C5)c(O)c2C(O)=C2C(=O)[C@]3(O)C(O)=C(C(N)=O)C(=O)C[C@@H]3[C@@H](O)[C@@H]21. The lowest BCUT2D eigenvalue weighted by Crippen LogP contribution is -2.63. The summed E-state index contributed by atoms with van der Waals surface area (Å²) < 4.78 is 0. The predicted molar refractivity (Wildman–Crippen MR) is 137 cm³/mol. The second kappa shape index (κ2) is 7.95. The standard InChI is InChI=1S/C30H33NO8/c1-10-15-2-3-16(20-13-5-11-4-12(7-13)8-14(20)6-11)24(33)21(15)26(35)23-19(10)25(34)17-9-18(32)22(29(31)38)27(36)30(17,39)28(23)37/h2-3,10-14,17,19-20,25,33-36,39H,4-9H2,1H3,(H2,31,38)/t10-,11?,12?,13?,14?,17+,19+,20?,25+,30+/m0/s1. The van der Waals surface area contributed by atoms with Crippen LogP contribution in [0.1, 0.15) is 74.0 Å². The number of aliphatic hydroxyl groups is 4. The molecule has 9 nitrogen and oxygen atoms in total. The number of benzene rings is 1. The molecule has 206 valence electrons. The Kier molecular flexibility index (Phi) is 5.06. The molecule has 4 bridgehead atoms. The average Bonchev–Trinajstić information content (AvgIpc) is 2.86. The fraction of sp³-hybridized carbons (Fsp3) is 0.567. The van der Waals surface area contributed by atoms with Crippen molar-refractivity contribution >= 4 is 23.2 Å². The monoisotopic (exact) mass is 535 g/mol. The van der Waals surface area contributed by atoms with E-state index < -0.39 is 70.4 Å². The highest BCUT2D eigenvalue weighted by molar-refractivity contribution is 6.23. The van der Waals surface area contributed by atoms with Gasteiger partial charge in [-0.15, -0.1) is 0 Å². The summed E-state index contributed by atoms with van der Waals surface area (Å²) in [4.78, 5) is 38.4. The molecule has 5 atom stereocenters. The van der Waals surface area contributed by atoms with Gasteiger partial charge >= 0.3 is 0 Å². The molecule has 8 rings (SSSR count). The van der Waals surface area contributed by atoms with Crippen molar-refractivity contribution in [1.29, 1.82) is 0 Å². The Balaban J connectivity index is 1.38. The second-order valence-electron chi connectivity index (χ2n) is 12.9. The number of amides is 1. The summed E-state index contributed by atoms with van der Waals surface area (Å²) in [5, 5.41) is 56.9. The van der Waals surface area contributed by atoms with Crippen LogP contribution >= 0.6 is 0 Å². The molecule has 0 spiro atoms. The van der Waals surface area contributed by atoms with Gasteiger partial charge in [-0.3, -0.25) is 14.4 Å². The molecule has 0 radical (unpaired) electrons. The Morgan fingerprint density at radius 3 is 2.13 bits per heavy atom. The Bertz CT molecular complexity index is 1400. The summed E-state index contributed by atoms with van der Waals surface area (Å²) in [6.07, 6.45) is 3.72. The summed E-state index contributed by atoms with van der Waals surface area (Å²) in [5.74, 6) is -5.58. The first-order valence-corrected chi connectivity index (χ1v) is 14.0. The van der Waals surface area contributed by atoms with E-state index >= 15 is 0 Å². The maximum atomic E-state index is 13.9. The van der Waals surface area contributed by atoms with Crippen molar-refractivity contribution in [3.63, 3.8) is 0 Å². The molecule has 7 aliphatic rings. The first kappa shape index (κ1) is 24.8. The Hall–Kier alpha value is -3.17. The topological polar surface area (TPSA) is 178 Å². The van der Waals surface area contributed by atoms with Gasteiger partial charge in [0.25, 0.3) is 5.91 Å². The highest BCUT2D eigenvalue weighted by Crippen LogP contribution is 2.62. The summed E-state index contributed by atoms with van der Waals surface area (Å²) in [7, 11) is 0. The number of hydrogen-bond acceptors (Lipinski definition) is 8. The summed E-state index contributed by atoms with van der Waals surface area (Å²) in [6.45, 7) is 1.76. The van der Waals surface area contributed by atoms with Gasteiger partial charge in [0.15, 0.2) is 11.4 Å². The minimum atomic E-state index is -2.82. The zero-order valence-corrected chi connectivity index (χ0v) is 21.6. The predicted octanol–water partition coefficient (Wildman–Crippen LogP) is 2.50. The molecular formula is C30H33NO8. The molecule has 5 fully saturated rings. The minimum absolute atomic E-state index is 0.0897. The van der Waals surface area contributed by atoms with Crippen LogP contribution in [-0.2, 0) is 14.4 Å². The molecule has 39 heavy (non-hydrogen) atoms. The molecule has 0 aliphatic heterocycles. The number of ketones is 2. The number of aromatic hydroxyl groups is 1. The normalized spacial score (nSPS) is 42.4. The van der Waals surface area contributed by atoms with Crippen molar-refractivity contribution in [1.82, 2.24) is 0 Å². The van der Waals surface area contributed by atoms with Gasteiger partial charge < -0.3 is 31.3 Å². The second-order valence-corrected chi connectivity index (χ2v) is 12.9. The number of aliphatic hydroxyl groups excluding tert-OH is 3. The van der Waals surface area contributed by atoms with E-state index in [9.17, 15) is 39.9 Å². The van der Waals surface area contributed by atoms with E-state index in [0.29, 0.717) is 17.4 Å². The quantitative estimate of drug-likeness (QED) is 0.313. The van der Waals surface area contributed by atoms with Crippen LogP contribution in [-0.4, -0.2) is 54.7 Å². The van der Waals surface area contributed by atoms with E-state index in [1.807, 2.05) is 12.1 Å². The van der Waals surface area contributed by atoms with Gasteiger partial charge in [-0.25, -0.2) is 0 Å². The van der Waals surface area contributed by atoms with Crippen molar-refractivity contribution in [3.8, 4) is 5.75 Å². The molecule has 0 saturated heterocycles. The van der Waals surface area contributed by atoms with Gasteiger partial charge in [0.2, 0.25) is 5.78 Å². The molecule has 7 aliphatic carbocycles. The number of carbonyl (C=O) groups is 3. The van der Waals surface area contributed by atoms with Crippen molar-refractivity contribution in [2.24, 2.45) is 41.2 Å². The fourth-order valence-electron chi connectivity index (χ4n) is 9.72. The fourth-order valence-corrected chi connectivity index (χ4v) is 9.72. The van der Waals surface area contributed by atoms with Crippen LogP contribution in [0.25, 0.3) is 5.76 Å². The number of rotatable bonds is 2. The maximum Gasteiger partial charge on any atom is 0.255 e. The zero-order chi connectivity index (χ0) is 27.7. The number of phenols is 1. The largest absolute Gasteiger partial charge is 0.508 e. The first-order valence-electron chi connectivity index (χ1n) is 14.0. The van der Waals surface area contributed by atoms with E-state index in [1.54, 1.807) is 6.92 Å². The van der Waals surface area contributed by atoms with E-state index in [0.717, 1.165) is 43.1 Å². The smallest absolute Gasteiger partial charge is 0.255 e. The minimum Gasteiger partial charge on any atom is -0.508 e. The van der Waals surface area contributed by atoms with Gasteiger partial charge in [0.1, 0.15) is 22.8 Å². The van der Waals surface area contributed by atoms with Crippen LogP contribution in [0.4, 0.5) is 0 Å². The lowest BCUT2D eigenvalue weighted by Gasteiger charge is -2.55. The Labute approximate surface area is 225 Å². The Morgan fingerprint density at radius 2 is 1.54 bits per heavy atom. The van der Waals surface area contributed by atoms with E-state index in [2.05, 4.69) is 0 Å². The van der Waals surface area contributed by atoms with Gasteiger partial charge in [-0.05, 0) is 78.7 Å². The highest BCUT2D eigenvalue weighted by atomic mass is 16.4. The van der Waals surface area contributed by atoms with E-state index in [1.165, 1.54) is 6.42 Å². The maximum absolute atomic E-state index is 13.9. The third-order valence-corrected chi connectivity index (χ3v) is 11.1. The lowest BCUT2D eigenvalue weighted by atomic mass is 9.50. The molecule has 0 heterocycles. The van der Waals surface area contributed by atoms with Crippen molar-refractivity contribution in [2.75, 3.05) is 0 Å². The van der Waals surface area contributed by atoms with Gasteiger partial charge in [0.05, 0.1) is 11.7 Å². The summed E-state index contributed by atoms with van der Waals surface area (Å²) in [6, 6.07) is 3.76. The summed E-state index contributed by atoms with van der Waals surface area (Å²) >= 11 is 0. The highest BCUT2D eigenvalue weighted by Gasteiger charge is 2.65. The average molecular weight is 536 g/mol. The number of hydrogen-bond donors (Lipinski definition) is 6. The van der Waals surface area contributed by atoms with Gasteiger partial charge in [-0.2, -0.15) is 0 Å². The van der Waals surface area contributed by atoms with E-state index in [4.69, 9.17) is 5.73 Å². The van der Waals surface area contributed by atoms with Crippen LogP contribution < -0.4 is 5.73 Å². The first-order chi connectivity index (χ1) is 18.4. The van der Waals surface area contributed by atoms with Crippen LogP contribution in [0.5, 0.6) is 5.75 Å². The zero-order valence-electron chi connectivity index (χ0n) is 21.6. The van der Waals surface area contributed by atoms with Gasteiger partial charge in [-0.1, -0.05) is 19.1 Å². The lowest BCUT2D eigenvalue weighted by molar-refractivity contribution is -0.160. The van der Waals surface area contributed by atoms with Crippen LogP contribution in [0, 0.1) is 35.5 Å². The molecule has 1 aromatic rings. The molecule has 1 amide bonds. The number of Topliss-reactive ketones (excluding diaryl/α,β-unsaturated/α-hetero) is 2. The molecule has 0 unspecified atom stereocenters. The van der Waals surface area contributed by atoms with Crippen LogP contribution in [0.15, 0.2) is 29.0 Å². The number of phenolic OH excluding ortho intramolecular Hbond substituents is 1. The molecule has 5 saturated carbocycles. The van der Waals surface area contributed by atoms with Crippen molar-refractivity contribution in [2.45, 2.75) is 69.0 Å². The number of primary amides is 1. The third kappa shape index (κ3) is 3.00. The molecule has 9 heteroatoms. The van der Waals surface area contributed by atoms with Crippen LogP contribution in [0.2, 0.25) is 0 Å². The Morgan fingerprint density at radius 1 is 0.949 bits per heavy atom. The molecule has 7 N–H and O–H groups in total. The summed E-state index contributed by atoms with van der Waals surface area (Å²) in [5.41, 5.74) is 2.64. The van der Waals surface area contributed by atoms with Crippen LogP contribution in [0.3, 0.4) is 0 Å².